The van der Waals surface area contributed by atoms with E-state index in [4.69, 9.17) is 0 Å². The van der Waals surface area contributed by atoms with Crippen LogP contribution in [0.2, 0.25) is 0 Å². The number of carbonyl (C=O) groups is 1. The van der Waals surface area contributed by atoms with Gasteiger partial charge in [0.1, 0.15) is 0 Å². The van der Waals surface area contributed by atoms with Crippen molar-refractivity contribution in [3.05, 3.63) is 0 Å². The Kier molecular flexibility index (Phi) is 3.85. The fraction of sp³-hybridized carbons (Fsp3) is 0.923. The van der Waals surface area contributed by atoms with E-state index in [0.717, 1.165) is 19.5 Å². The number of amides is 1. The lowest BCUT2D eigenvalue weighted by Gasteiger charge is -2.17. The maximum Gasteiger partial charge on any atom is 0.226 e. The van der Waals surface area contributed by atoms with Gasteiger partial charge in [0.25, 0.3) is 0 Å². The molecule has 1 heterocycles. The maximum absolute atomic E-state index is 12.4. The number of nitrogens with one attached hydrogen (secondary N) is 1. The Morgan fingerprint density at radius 1 is 1.24 bits per heavy atom. The van der Waals surface area contributed by atoms with Gasteiger partial charge in [-0.15, -0.1) is 12.4 Å². The van der Waals surface area contributed by atoms with Crippen molar-refractivity contribution in [3.8, 4) is 0 Å². The molecule has 17 heavy (non-hydrogen) atoms. The highest BCUT2D eigenvalue weighted by Crippen LogP contribution is 2.68. The van der Waals surface area contributed by atoms with E-state index >= 15 is 0 Å². The standard InChI is InChI=1S/C13H24N2O.ClH/c1-12(2)10(13(12,3)4)11(16)15-7-6-9(8-15)14-5;/h9-10,14H,6-8H2,1-5H3;1H. The highest BCUT2D eigenvalue weighted by Gasteiger charge is 2.68. The molecule has 0 radical (unpaired) electrons. The van der Waals surface area contributed by atoms with E-state index < -0.39 is 0 Å². The molecule has 1 aliphatic carbocycles. The monoisotopic (exact) mass is 260 g/mol. The number of likely N-dealkylation sites (N-methyl/N-ethyl adjacent to an activating group) is 1. The Morgan fingerprint density at radius 2 is 1.76 bits per heavy atom. The Bertz CT molecular complexity index is 301. The molecule has 0 aromatic rings. The number of rotatable bonds is 2. The SMILES string of the molecule is CNC1CCN(C(=O)C2C(C)(C)C2(C)C)C1.Cl. The van der Waals surface area contributed by atoms with Crippen LogP contribution < -0.4 is 5.32 Å². The molecule has 1 N–H and O–H groups in total. The molecule has 100 valence electrons. The van der Waals surface area contributed by atoms with Gasteiger partial charge in [0, 0.05) is 25.0 Å². The third kappa shape index (κ3) is 2.08. The molecule has 0 aromatic carbocycles. The lowest BCUT2D eigenvalue weighted by atomic mass is 10.0. The second-order valence-electron chi connectivity index (χ2n) is 6.43. The third-order valence-corrected chi connectivity index (χ3v) is 5.18. The Labute approximate surface area is 111 Å². The number of carbonyl (C=O) groups excluding carboxylic acids is 1. The van der Waals surface area contributed by atoms with Crippen LogP contribution in [0.25, 0.3) is 0 Å². The highest BCUT2D eigenvalue weighted by molar-refractivity contribution is 5.85. The van der Waals surface area contributed by atoms with Gasteiger partial charge in [-0.1, -0.05) is 27.7 Å². The molecule has 1 atom stereocenters. The van der Waals surface area contributed by atoms with Crippen molar-refractivity contribution in [1.29, 1.82) is 0 Å². The summed E-state index contributed by atoms with van der Waals surface area (Å²) in [7, 11) is 1.98. The fourth-order valence-corrected chi connectivity index (χ4v) is 3.19. The van der Waals surface area contributed by atoms with E-state index in [9.17, 15) is 4.79 Å². The highest BCUT2D eigenvalue weighted by atomic mass is 35.5. The van der Waals surface area contributed by atoms with Gasteiger partial charge in [-0.3, -0.25) is 4.79 Å². The minimum absolute atomic E-state index is 0. The number of nitrogens with zero attached hydrogens (tertiary/aromatic N) is 1. The fourth-order valence-electron chi connectivity index (χ4n) is 3.19. The molecule has 2 aliphatic rings. The average molecular weight is 261 g/mol. The van der Waals surface area contributed by atoms with Crippen molar-refractivity contribution in [3.63, 3.8) is 0 Å². The molecular weight excluding hydrogens is 236 g/mol. The molecule has 3 nitrogen and oxygen atoms in total. The van der Waals surface area contributed by atoms with Gasteiger partial charge < -0.3 is 10.2 Å². The van der Waals surface area contributed by atoms with Gasteiger partial charge in [0.15, 0.2) is 0 Å². The Morgan fingerprint density at radius 3 is 2.12 bits per heavy atom. The normalized spacial score (nSPS) is 29.9. The van der Waals surface area contributed by atoms with Gasteiger partial charge in [-0.05, 0) is 24.3 Å². The van der Waals surface area contributed by atoms with Crippen LogP contribution in [0.3, 0.4) is 0 Å². The first-order valence-electron chi connectivity index (χ1n) is 6.28. The van der Waals surface area contributed by atoms with Crippen LogP contribution in [-0.4, -0.2) is 37.0 Å². The van der Waals surface area contributed by atoms with Crippen LogP contribution in [-0.2, 0) is 4.79 Å². The first-order valence-corrected chi connectivity index (χ1v) is 6.28. The molecule has 1 amide bonds. The summed E-state index contributed by atoms with van der Waals surface area (Å²) in [6.45, 7) is 10.6. The zero-order valence-corrected chi connectivity index (χ0v) is 12.4. The predicted octanol–water partition coefficient (Wildman–Crippen LogP) is 1.91. The zero-order valence-electron chi connectivity index (χ0n) is 11.5. The number of likely N-dealkylation sites (tertiary alicyclic amines) is 1. The predicted molar refractivity (Wildman–Crippen MR) is 72.3 cm³/mol. The van der Waals surface area contributed by atoms with E-state index in [0.29, 0.717) is 11.9 Å². The van der Waals surface area contributed by atoms with Crippen LogP contribution in [0.4, 0.5) is 0 Å². The molecule has 1 saturated carbocycles. The largest absolute Gasteiger partial charge is 0.341 e. The number of hydrogen-bond acceptors (Lipinski definition) is 2. The zero-order chi connectivity index (χ0) is 12.1. The minimum atomic E-state index is 0. The van der Waals surface area contributed by atoms with Gasteiger partial charge in [-0.2, -0.15) is 0 Å². The lowest BCUT2D eigenvalue weighted by Crippen LogP contribution is -2.35. The average Bonchev–Trinajstić information content (AvgIpc) is 2.59. The quantitative estimate of drug-likeness (QED) is 0.823. The molecule has 1 aliphatic heterocycles. The van der Waals surface area contributed by atoms with Crippen LogP contribution in [0.15, 0.2) is 0 Å². The van der Waals surface area contributed by atoms with Crippen molar-refractivity contribution in [1.82, 2.24) is 10.2 Å². The third-order valence-electron chi connectivity index (χ3n) is 5.18. The van der Waals surface area contributed by atoms with Crippen molar-refractivity contribution < 1.29 is 4.79 Å². The van der Waals surface area contributed by atoms with Crippen LogP contribution in [0.5, 0.6) is 0 Å². The molecule has 1 saturated heterocycles. The summed E-state index contributed by atoms with van der Waals surface area (Å²) in [6.07, 6.45) is 1.09. The first kappa shape index (κ1) is 14.8. The Balaban J connectivity index is 0.00000144. The number of halogens is 1. The smallest absolute Gasteiger partial charge is 0.226 e. The number of hydrogen-bond donors (Lipinski definition) is 1. The van der Waals surface area contributed by atoms with Crippen molar-refractivity contribution in [2.45, 2.75) is 40.2 Å². The molecule has 0 spiro atoms. The summed E-state index contributed by atoms with van der Waals surface area (Å²) in [6, 6.07) is 0.494. The van der Waals surface area contributed by atoms with Crippen LogP contribution in [0, 0.1) is 16.7 Å². The minimum Gasteiger partial charge on any atom is -0.341 e. The van der Waals surface area contributed by atoms with Crippen LogP contribution in [0.1, 0.15) is 34.1 Å². The molecule has 0 aromatic heterocycles. The molecule has 1 unspecified atom stereocenters. The molecule has 0 bridgehead atoms. The van der Waals surface area contributed by atoms with Gasteiger partial charge in [0.2, 0.25) is 5.91 Å². The summed E-state index contributed by atoms with van der Waals surface area (Å²) in [4.78, 5) is 14.4. The summed E-state index contributed by atoms with van der Waals surface area (Å²) >= 11 is 0. The first-order chi connectivity index (χ1) is 7.32. The summed E-state index contributed by atoms with van der Waals surface area (Å²) in [5.41, 5.74) is 0.337. The van der Waals surface area contributed by atoms with Crippen molar-refractivity contribution in [2.24, 2.45) is 16.7 Å². The van der Waals surface area contributed by atoms with Gasteiger partial charge >= 0.3 is 0 Å². The van der Waals surface area contributed by atoms with E-state index in [2.05, 4.69) is 33.0 Å². The van der Waals surface area contributed by atoms with E-state index in [1.807, 2.05) is 11.9 Å². The summed E-state index contributed by atoms with van der Waals surface area (Å²) in [5, 5.41) is 3.26. The topological polar surface area (TPSA) is 32.3 Å². The second-order valence-corrected chi connectivity index (χ2v) is 6.43. The van der Waals surface area contributed by atoms with Crippen molar-refractivity contribution in [2.75, 3.05) is 20.1 Å². The lowest BCUT2D eigenvalue weighted by molar-refractivity contribution is -0.132. The Hall–Kier alpha value is -0.280. The van der Waals surface area contributed by atoms with E-state index in [-0.39, 0.29) is 29.2 Å². The molecule has 2 fully saturated rings. The van der Waals surface area contributed by atoms with Gasteiger partial charge in [-0.25, -0.2) is 0 Å². The van der Waals surface area contributed by atoms with Gasteiger partial charge in [0.05, 0.1) is 0 Å². The van der Waals surface area contributed by atoms with E-state index in [1.165, 1.54) is 0 Å². The second kappa shape index (κ2) is 4.43. The maximum atomic E-state index is 12.4. The summed E-state index contributed by atoms with van der Waals surface area (Å²) < 4.78 is 0. The molecule has 2 rings (SSSR count). The molecule has 4 heteroatoms. The summed E-state index contributed by atoms with van der Waals surface area (Å²) in [5.74, 6) is 0.586. The van der Waals surface area contributed by atoms with E-state index in [1.54, 1.807) is 0 Å². The molecular formula is C13H25ClN2O. The van der Waals surface area contributed by atoms with Crippen molar-refractivity contribution >= 4 is 18.3 Å². The van der Waals surface area contributed by atoms with Crippen LogP contribution >= 0.6 is 12.4 Å².